The van der Waals surface area contributed by atoms with Gasteiger partial charge in [-0.15, -0.1) is 0 Å². The Kier molecular flexibility index (Phi) is 5.25. The molecule has 0 radical (unpaired) electrons. The molecule has 3 heterocycles. The molecule has 33 heavy (non-hydrogen) atoms. The molecule has 1 aliphatic rings. The van der Waals surface area contributed by atoms with Crippen molar-refractivity contribution >= 4 is 44.3 Å². The van der Waals surface area contributed by atoms with E-state index in [4.69, 9.17) is 4.42 Å². The van der Waals surface area contributed by atoms with Gasteiger partial charge in [0.05, 0.1) is 10.4 Å². The lowest BCUT2D eigenvalue weighted by Gasteiger charge is -2.17. The van der Waals surface area contributed by atoms with Crippen LogP contribution in [0.4, 0.5) is 23.1 Å². The van der Waals surface area contributed by atoms with E-state index in [0.29, 0.717) is 22.7 Å². The maximum atomic E-state index is 12.8. The van der Waals surface area contributed by atoms with Gasteiger partial charge in [-0.25, -0.2) is 18.2 Å². The highest BCUT2D eigenvalue weighted by Crippen LogP contribution is 2.24. The fourth-order valence-electron chi connectivity index (χ4n) is 3.78. The molecule has 0 bridgehead atoms. The van der Waals surface area contributed by atoms with Crippen molar-refractivity contribution in [3.05, 3.63) is 64.8 Å². The molecule has 0 unspecified atom stereocenters. The van der Waals surface area contributed by atoms with Crippen molar-refractivity contribution < 1.29 is 12.8 Å². The van der Waals surface area contributed by atoms with Crippen LogP contribution in [0.25, 0.3) is 11.1 Å². The monoisotopic (exact) mass is 466 g/mol. The fourth-order valence-corrected chi connectivity index (χ4v) is 4.86. The summed E-state index contributed by atoms with van der Waals surface area (Å²) in [7, 11) is -3.85. The highest BCUT2D eigenvalue weighted by atomic mass is 32.2. The maximum absolute atomic E-state index is 12.8. The largest absolute Gasteiger partial charge is 0.417 e. The zero-order valence-electron chi connectivity index (χ0n) is 17.8. The molecule has 0 amide bonds. The topological polar surface area (TPSA) is 133 Å². The molecular weight excluding hydrogens is 444 g/mol. The number of hydrogen-bond donors (Lipinski definition) is 3. The van der Waals surface area contributed by atoms with Crippen molar-refractivity contribution in [2.45, 2.75) is 24.7 Å². The Morgan fingerprint density at radius 1 is 1.00 bits per heavy atom. The summed E-state index contributed by atoms with van der Waals surface area (Å²) in [4.78, 5) is 25.1. The zero-order valence-corrected chi connectivity index (χ0v) is 18.6. The van der Waals surface area contributed by atoms with E-state index >= 15 is 0 Å². The van der Waals surface area contributed by atoms with Crippen LogP contribution in [0.1, 0.15) is 18.5 Å². The summed E-state index contributed by atoms with van der Waals surface area (Å²) in [5.41, 5.74) is 2.60. The minimum atomic E-state index is -3.85. The summed E-state index contributed by atoms with van der Waals surface area (Å²) < 4.78 is 33.0. The van der Waals surface area contributed by atoms with Gasteiger partial charge in [0, 0.05) is 36.2 Å². The van der Waals surface area contributed by atoms with Crippen LogP contribution in [-0.2, 0) is 10.0 Å². The second-order valence-corrected chi connectivity index (χ2v) is 9.55. The molecule has 2 aromatic carbocycles. The van der Waals surface area contributed by atoms with Gasteiger partial charge < -0.3 is 14.6 Å². The number of hydrogen-bond acceptors (Lipinski definition) is 8. The number of aromatic amines is 1. The van der Waals surface area contributed by atoms with Gasteiger partial charge in [-0.3, -0.25) is 9.71 Å². The number of nitrogens with one attached hydrogen (secondary N) is 3. The number of oxazole rings is 1. The van der Waals surface area contributed by atoms with E-state index in [-0.39, 0.29) is 4.90 Å². The Labute approximate surface area is 189 Å². The number of aryl methyl sites for hydroxylation is 1. The first kappa shape index (κ1) is 21.0. The van der Waals surface area contributed by atoms with Gasteiger partial charge in [0.15, 0.2) is 5.58 Å². The quantitative estimate of drug-likeness (QED) is 0.394. The lowest BCUT2D eigenvalue weighted by Crippen LogP contribution is -2.19. The third-order valence-electron chi connectivity index (χ3n) is 5.36. The zero-order chi connectivity index (χ0) is 23.0. The SMILES string of the molecule is Cc1cc(N2CCCC2)nc(Nc2ccc(NS(=O)(=O)c3ccc4oc(=O)[nH]c4c3)cc2)n1. The molecule has 11 heteroatoms. The fraction of sp³-hybridized carbons (Fsp3) is 0.227. The van der Waals surface area contributed by atoms with E-state index in [1.54, 1.807) is 24.3 Å². The van der Waals surface area contributed by atoms with Crippen LogP contribution >= 0.6 is 0 Å². The highest BCUT2D eigenvalue weighted by molar-refractivity contribution is 7.92. The molecule has 3 N–H and O–H groups in total. The molecule has 1 fully saturated rings. The second-order valence-electron chi connectivity index (χ2n) is 7.87. The summed E-state index contributed by atoms with van der Waals surface area (Å²) in [5.74, 6) is 0.760. The van der Waals surface area contributed by atoms with Gasteiger partial charge in [0.2, 0.25) is 5.95 Å². The third kappa shape index (κ3) is 4.53. The summed E-state index contributed by atoms with van der Waals surface area (Å²) >= 11 is 0. The molecule has 0 aliphatic carbocycles. The number of H-pyrrole nitrogens is 1. The van der Waals surface area contributed by atoms with Crippen LogP contribution < -0.4 is 20.7 Å². The van der Waals surface area contributed by atoms with Crippen LogP contribution in [-0.4, -0.2) is 36.5 Å². The first-order valence-corrected chi connectivity index (χ1v) is 12.0. The normalized spacial score (nSPS) is 14.0. The Bertz CT molecular complexity index is 1470. The molecule has 2 aromatic heterocycles. The Morgan fingerprint density at radius 3 is 2.48 bits per heavy atom. The minimum Gasteiger partial charge on any atom is -0.408 e. The van der Waals surface area contributed by atoms with Crippen molar-refractivity contribution in [1.29, 1.82) is 0 Å². The van der Waals surface area contributed by atoms with Gasteiger partial charge in [-0.2, -0.15) is 4.98 Å². The molecule has 0 saturated carbocycles. The average molecular weight is 467 g/mol. The predicted octanol–water partition coefficient (Wildman–Crippen LogP) is 3.36. The lowest BCUT2D eigenvalue weighted by atomic mass is 10.3. The van der Waals surface area contributed by atoms with E-state index in [1.807, 2.05) is 13.0 Å². The molecule has 0 spiro atoms. The van der Waals surface area contributed by atoms with Crippen LogP contribution in [0.15, 0.2) is 62.6 Å². The maximum Gasteiger partial charge on any atom is 0.417 e. The number of aromatic nitrogens is 3. The number of rotatable bonds is 6. The van der Waals surface area contributed by atoms with Crippen LogP contribution in [0, 0.1) is 6.92 Å². The van der Waals surface area contributed by atoms with Crippen LogP contribution in [0.2, 0.25) is 0 Å². The predicted molar refractivity (Wildman–Crippen MR) is 126 cm³/mol. The van der Waals surface area contributed by atoms with Crippen molar-refractivity contribution in [1.82, 2.24) is 15.0 Å². The van der Waals surface area contributed by atoms with Crippen molar-refractivity contribution in [3.63, 3.8) is 0 Å². The average Bonchev–Trinajstić information content (AvgIpc) is 3.43. The van der Waals surface area contributed by atoms with Gasteiger partial charge in [0.25, 0.3) is 10.0 Å². The van der Waals surface area contributed by atoms with Gasteiger partial charge in [-0.05, 0) is 62.2 Å². The van der Waals surface area contributed by atoms with Gasteiger partial charge in [-0.1, -0.05) is 0 Å². The number of anilines is 4. The first-order valence-electron chi connectivity index (χ1n) is 10.5. The Balaban J connectivity index is 1.31. The molecule has 5 rings (SSSR count). The molecule has 1 aliphatic heterocycles. The van der Waals surface area contributed by atoms with Crippen molar-refractivity contribution in [2.75, 3.05) is 28.0 Å². The van der Waals surface area contributed by atoms with E-state index < -0.39 is 15.8 Å². The number of nitrogens with zero attached hydrogens (tertiary/aromatic N) is 3. The van der Waals surface area contributed by atoms with Crippen molar-refractivity contribution in [3.8, 4) is 0 Å². The highest BCUT2D eigenvalue weighted by Gasteiger charge is 2.17. The Morgan fingerprint density at radius 2 is 1.73 bits per heavy atom. The van der Waals surface area contributed by atoms with Gasteiger partial charge >= 0.3 is 5.76 Å². The third-order valence-corrected chi connectivity index (χ3v) is 6.74. The van der Waals surface area contributed by atoms with E-state index in [1.165, 1.54) is 18.2 Å². The smallest absolute Gasteiger partial charge is 0.408 e. The minimum absolute atomic E-state index is 0.0110. The summed E-state index contributed by atoms with van der Waals surface area (Å²) in [6, 6.07) is 12.9. The van der Waals surface area contributed by atoms with Gasteiger partial charge in [0.1, 0.15) is 5.82 Å². The lowest BCUT2D eigenvalue weighted by molar-refractivity contribution is 0.555. The molecule has 10 nitrogen and oxygen atoms in total. The van der Waals surface area contributed by atoms with Crippen molar-refractivity contribution in [2.24, 2.45) is 0 Å². The van der Waals surface area contributed by atoms with E-state index in [2.05, 4.69) is 29.9 Å². The Hall–Kier alpha value is -3.86. The molecule has 4 aromatic rings. The molecular formula is C22H22N6O4S. The van der Waals surface area contributed by atoms with E-state index in [0.717, 1.165) is 43.1 Å². The van der Waals surface area contributed by atoms with Crippen LogP contribution in [0.5, 0.6) is 0 Å². The number of fused-ring (bicyclic) bond motifs is 1. The summed E-state index contributed by atoms with van der Waals surface area (Å²) in [5, 5.41) is 3.18. The molecule has 0 atom stereocenters. The number of benzene rings is 2. The standard InChI is InChI=1S/C22H22N6O4S/c1-14-12-20(28-10-2-3-11-28)26-21(23-14)24-15-4-6-16(7-5-15)27-33(30,31)17-8-9-19-18(13-17)25-22(29)32-19/h4-9,12-13,27H,2-3,10-11H2,1H3,(H,25,29)(H,23,24,26). The number of sulfonamides is 1. The molecule has 170 valence electrons. The second kappa shape index (κ2) is 8.24. The summed E-state index contributed by atoms with van der Waals surface area (Å²) in [6.07, 6.45) is 2.33. The van der Waals surface area contributed by atoms with E-state index in [9.17, 15) is 13.2 Å². The molecule has 1 saturated heterocycles. The summed E-state index contributed by atoms with van der Waals surface area (Å²) in [6.45, 7) is 3.92. The van der Waals surface area contributed by atoms with Crippen LogP contribution in [0.3, 0.4) is 0 Å². The first-order chi connectivity index (χ1) is 15.9.